The fourth-order valence-corrected chi connectivity index (χ4v) is 7.60. The van der Waals surface area contributed by atoms with Crippen LogP contribution in [0.4, 0.5) is 5.95 Å². The van der Waals surface area contributed by atoms with Gasteiger partial charge in [-0.1, -0.05) is 25.6 Å². The minimum absolute atomic E-state index is 0.0385. The number of sulfone groups is 1. The Hall–Kier alpha value is -2.01. The summed E-state index contributed by atoms with van der Waals surface area (Å²) in [6.07, 6.45) is 3.33. The van der Waals surface area contributed by atoms with Gasteiger partial charge in [0.2, 0.25) is 11.9 Å². The van der Waals surface area contributed by atoms with E-state index in [1.54, 1.807) is 18.2 Å². The molecule has 2 aromatic rings. The van der Waals surface area contributed by atoms with Crippen molar-refractivity contribution in [1.29, 1.82) is 0 Å². The predicted molar refractivity (Wildman–Crippen MR) is 128 cm³/mol. The van der Waals surface area contributed by atoms with Crippen molar-refractivity contribution in [1.82, 2.24) is 19.7 Å². The van der Waals surface area contributed by atoms with Crippen LogP contribution >= 0.6 is 11.8 Å². The van der Waals surface area contributed by atoms with Crippen molar-refractivity contribution in [2.45, 2.75) is 56.6 Å². The van der Waals surface area contributed by atoms with E-state index in [-0.39, 0.29) is 23.5 Å². The Bertz CT molecular complexity index is 1060. The summed E-state index contributed by atoms with van der Waals surface area (Å²) in [4.78, 5) is 17.0. The standard InChI is InChI=1S/C22H33N5O4S2/c1-15-10-16(2)12-26(11-15)21-23-24-22(27(21)13-19-6-5-8-31-19)32-17(3)20(28)25(4)18-7-9-33(29,30)14-18/h5-6,8,15-18H,7,9-14H2,1-4H3/t15-,16+,17-,18+/m1/s1. The highest BCUT2D eigenvalue weighted by Gasteiger charge is 2.35. The molecule has 11 heteroatoms. The molecule has 33 heavy (non-hydrogen) atoms. The topological polar surface area (TPSA) is 102 Å². The number of nitrogens with zero attached hydrogens (tertiary/aromatic N) is 5. The Kier molecular flexibility index (Phi) is 7.09. The number of anilines is 1. The van der Waals surface area contributed by atoms with Crippen LogP contribution in [0.3, 0.4) is 0 Å². The molecule has 2 fully saturated rings. The molecule has 182 valence electrons. The molecular weight excluding hydrogens is 462 g/mol. The van der Waals surface area contributed by atoms with E-state index in [2.05, 4.69) is 28.9 Å². The summed E-state index contributed by atoms with van der Waals surface area (Å²) < 4.78 is 31.3. The van der Waals surface area contributed by atoms with E-state index in [9.17, 15) is 13.2 Å². The molecule has 0 saturated carbocycles. The third-order valence-corrected chi connectivity index (χ3v) is 9.30. The maximum absolute atomic E-state index is 13.1. The van der Waals surface area contributed by atoms with Gasteiger partial charge in [-0.15, -0.1) is 10.2 Å². The summed E-state index contributed by atoms with van der Waals surface area (Å²) in [6, 6.07) is 3.51. The SMILES string of the molecule is C[C@@H]1C[C@H](C)CN(c2nnc(S[C@H](C)C(=O)N(C)[C@H]3CCS(=O)(=O)C3)n2Cc2ccco2)C1. The molecule has 0 spiro atoms. The van der Waals surface area contributed by atoms with Crippen LogP contribution in [0.25, 0.3) is 0 Å². The lowest BCUT2D eigenvalue weighted by Crippen LogP contribution is -2.42. The maximum atomic E-state index is 13.1. The smallest absolute Gasteiger partial charge is 0.235 e. The number of thioether (sulfide) groups is 1. The number of piperidine rings is 1. The van der Waals surface area contributed by atoms with Crippen molar-refractivity contribution in [3.05, 3.63) is 24.2 Å². The lowest BCUT2D eigenvalue weighted by molar-refractivity contribution is -0.130. The number of hydrogen-bond donors (Lipinski definition) is 0. The number of hydrogen-bond acceptors (Lipinski definition) is 8. The van der Waals surface area contributed by atoms with Crippen molar-refractivity contribution in [3.63, 3.8) is 0 Å². The molecule has 2 aliphatic rings. The van der Waals surface area contributed by atoms with Crippen LogP contribution < -0.4 is 4.90 Å². The van der Waals surface area contributed by atoms with Gasteiger partial charge in [-0.3, -0.25) is 9.36 Å². The van der Waals surface area contributed by atoms with Crippen molar-refractivity contribution in [2.75, 3.05) is 36.5 Å². The van der Waals surface area contributed by atoms with Gasteiger partial charge in [-0.25, -0.2) is 8.42 Å². The average Bonchev–Trinajstić information content (AvgIpc) is 3.47. The first-order valence-corrected chi connectivity index (χ1v) is 14.2. The molecule has 1 amide bonds. The molecule has 2 saturated heterocycles. The highest BCUT2D eigenvalue weighted by atomic mass is 32.2. The molecule has 0 unspecified atom stereocenters. The number of carbonyl (C=O) groups is 1. The Labute approximate surface area is 199 Å². The molecule has 4 heterocycles. The van der Waals surface area contributed by atoms with Gasteiger partial charge in [0.05, 0.1) is 29.6 Å². The van der Waals surface area contributed by atoms with Gasteiger partial charge in [0.1, 0.15) is 5.76 Å². The molecule has 4 rings (SSSR count). The quantitative estimate of drug-likeness (QED) is 0.540. The molecule has 0 aromatic carbocycles. The van der Waals surface area contributed by atoms with Crippen LogP contribution in [0.1, 0.15) is 39.4 Å². The van der Waals surface area contributed by atoms with Gasteiger partial charge in [0.15, 0.2) is 15.0 Å². The summed E-state index contributed by atoms with van der Waals surface area (Å²) >= 11 is 1.35. The fraction of sp³-hybridized carbons (Fsp3) is 0.682. The number of amides is 1. The van der Waals surface area contributed by atoms with E-state index in [1.165, 1.54) is 18.2 Å². The molecule has 2 aromatic heterocycles. The van der Waals surface area contributed by atoms with Gasteiger partial charge in [0, 0.05) is 26.2 Å². The Morgan fingerprint density at radius 2 is 2.03 bits per heavy atom. The second kappa shape index (κ2) is 9.69. The summed E-state index contributed by atoms with van der Waals surface area (Å²) in [5, 5.41) is 9.19. The first-order chi connectivity index (χ1) is 15.6. The van der Waals surface area contributed by atoms with E-state index in [0.29, 0.717) is 30.0 Å². The first kappa shape index (κ1) is 24.1. The summed E-state index contributed by atoms with van der Waals surface area (Å²) in [6.45, 7) is 8.66. The molecule has 4 atom stereocenters. The fourth-order valence-electron chi connectivity index (χ4n) is 4.88. The van der Waals surface area contributed by atoms with Crippen molar-refractivity contribution >= 4 is 33.5 Å². The minimum atomic E-state index is -3.06. The monoisotopic (exact) mass is 495 g/mol. The minimum Gasteiger partial charge on any atom is -0.467 e. The van der Waals surface area contributed by atoms with Gasteiger partial charge in [-0.2, -0.15) is 0 Å². The molecule has 0 bridgehead atoms. The maximum Gasteiger partial charge on any atom is 0.235 e. The summed E-state index contributed by atoms with van der Waals surface area (Å²) in [7, 11) is -1.36. The lowest BCUT2D eigenvalue weighted by atomic mass is 9.92. The highest BCUT2D eigenvalue weighted by molar-refractivity contribution is 8.00. The Morgan fingerprint density at radius 3 is 2.64 bits per heavy atom. The van der Waals surface area contributed by atoms with Gasteiger partial charge >= 0.3 is 0 Å². The molecular formula is C22H33N5O4S2. The number of aromatic nitrogens is 3. The van der Waals surface area contributed by atoms with E-state index < -0.39 is 15.1 Å². The van der Waals surface area contributed by atoms with Crippen LogP contribution in [0.5, 0.6) is 0 Å². The van der Waals surface area contributed by atoms with Crippen LogP contribution in [-0.4, -0.2) is 76.9 Å². The Morgan fingerprint density at radius 1 is 1.30 bits per heavy atom. The highest BCUT2D eigenvalue weighted by Crippen LogP contribution is 2.31. The number of carbonyl (C=O) groups excluding carboxylic acids is 1. The molecule has 0 radical (unpaired) electrons. The molecule has 9 nitrogen and oxygen atoms in total. The number of furan rings is 1. The first-order valence-electron chi connectivity index (χ1n) is 11.5. The Balaban J connectivity index is 1.54. The second-order valence-corrected chi connectivity index (χ2v) is 13.1. The van der Waals surface area contributed by atoms with E-state index in [1.807, 2.05) is 23.6 Å². The molecule has 0 aliphatic carbocycles. The zero-order valence-electron chi connectivity index (χ0n) is 19.7. The third-order valence-electron chi connectivity index (χ3n) is 6.48. The van der Waals surface area contributed by atoms with E-state index >= 15 is 0 Å². The van der Waals surface area contributed by atoms with Crippen LogP contribution in [0, 0.1) is 11.8 Å². The second-order valence-electron chi connectivity index (χ2n) is 9.57. The van der Waals surface area contributed by atoms with E-state index in [4.69, 9.17) is 4.42 Å². The van der Waals surface area contributed by atoms with Crippen molar-refractivity contribution in [2.24, 2.45) is 11.8 Å². The van der Waals surface area contributed by atoms with Crippen molar-refractivity contribution < 1.29 is 17.6 Å². The molecule has 2 aliphatic heterocycles. The van der Waals surface area contributed by atoms with Gasteiger partial charge in [-0.05, 0) is 43.7 Å². The van der Waals surface area contributed by atoms with E-state index in [0.717, 1.165) is 24.8 Å². The van der Waals surface area contributed by atoms with Gasteiger partial charge in [0.25, 0.3) is 0 Å². The largest absolute Gasteiger partial charge is 0.467 e. The van der Waals surface area contributed by atoms with Crippen LogP contribution in [-0.2, 0) is 21.2 Å². The summed E-state index contributed by atoms with van der Waals surface area (Å²) in [5.74, 6) is 2.80. The van der Waals surface area contributed by atoms with Crippen LogP contribution in [0.2, 0.25) is 0 Å². The average molecular weight is 496 g/mol. The lowest BCUT2D eigenvalue weighted by Gasteiger charge is -2.35. The zero-order chi connectivity index (χ0) is 23.8. The van der Waals surface area contributed by atoms with Gasteiger partial charge < -0.3 is 14.2 Å². The van der Waals surface area contributed by atoms with Crippen molar-refractivity contribution in [3.8, 4) is 0 Å². The van der Waals surface area contributed by atoms with Crippen LogP contribution in [0.15, 0.2) is 28.0 Å². The zero-order valence-corrected chi connectivity index (χ0v) is 21.3. The molecule has 0 N–H and O–H groups in total. The normalized spacial score (nSPS) is 25.8. The predicted octanol–water partition coefficient (Wildman–Crippen LogP) is 2.53. The number of rotatable bonds is 7. The summed E-state index contributed by atoms with van der Waals surface area (Å²) in [5.41, 5.74) is 0. The third kappa shape index (κ3) is 5.56.